The number of rotatable bonds is 10. The number of primary amides is 1. The molecule has 0 aromatic heterocycles. The highest BCUT2D eigenvalue weighted by molar-refractivity contribution is 6.31. The van der Waals surface area contributed by atoms with Crippen LogP contribution in [0, 0.1) is 11.6 Å². The zero-order valence-corrected chi connectivity index (χ0v) is 23.9. The Morgan fingerprint density at radius 2 is 1.72 bits per heavy atom. The number of carbonyl (C=O) groups is 3. The average Bonchev–Trinajstić information content (AvgIpc) is 3.42. The number of nitrogens with zero attached hydrogens (tertiary/aromatic N) is 3. The van der Waals surface area contributed by atoms with E-state index in [2.05, 4.69) is 10.6 Å². The zero-order chi connectivity index (χ0) is 31.3. The number of likely N-dealkylation sites (tertiary alicyclic amines) is 1. The Morgan fingerprint density at radius 3 is 2.40 bits per heavy atom. The van der Waals surface area contributed by atoms with E-state index in [4.69, 9.17) is 17.3 Å². The molecule has 2 heterocycles. The first-order valence-electron chi connectivity index (χ1n) is 13.7. The molecule has 4 rings (SSSR count). The second-order valence-electron chi connectivity index (χ2n) is 10.5. The van der Waals surface area contributed by atoms with Gasteiger partial charge in [-0.05, 0) is 43.7 Å². The van der Waals surface area contributed by atoms with Gasteiger partial charge in [-0.15, -0.1) is 0 Å². The van der Waals surface area contributed by atoms with Gasteiger partial charge in [0.25, 0.3) is 5.91 Å². The summed E-state index contributed by atoms with van der Waals surface area (Å²) >= 11 is 6.16. The van der Waals surface area contributed by atoms with Gasteiger partial charge in [-0.2, -0.15) is 13.2 Å². The molecular weight excluding hydrogens is 599 g/mol. The van der Waals surface area contributed by atoms with E-state index in [0.717, 1.165) is 6.07 Å². The highest BCUT2D eigenvalue weighted by Crippen LogP contribution is 2.31. The third kappa shape index (κ3) is 8.54. The first kappa shape index (κ1) is 32.4. The van der Waals surface area contributed by atoms with Crippen molar-refractivity contribution < 1.29 is 36.3 Å². The van der Waals surface area contributed by atoms with Crippen LogP contribution in [0.4, 0.5) is 33.3 Å². The lowest BCUT2D eigenvalue weighted by atomic mass is 10.1. The number of hydrogen-bond donors (Lipinski definition) is 3. The number of anilines is 2. The minimum atomic E-state index is -4.24. The summed E-state index contributed by atoms with van der Waals surface area (Å²) in [5, 5.41) is 5.42. The molecule has 0 saturated carbocycles. The number of halogens is 6. The van der Waals surface area contributed by atoms with Crippen molar-refractivity contribution in [3.05, 3.63) is 58.1 Å². The molecule has 2 saturated heterocycles. The van der Waals surface area contributed by atoms with Crippen LogP contribution in [0.3, 0.4) is 0 Å². The molecule has 2 aliphatic rings. The largest absolute Gasteiger partial charge is 0.390 e. The Bertz CT molecular complexity index is 1350. The maximum absolute atomic E-state index is 15.0. The summed E-state index contributed by atoms with van der Waals surface area (Å²) in [7, 11) is 0. The maximum atomic E-state index is 15.0. The van der Waals surface area contributed by atoms with Crippen molar-refractivity contribution in [1.29, 1.82) is 0 Å². The number of piperazine rings is 1. The smallest absolute Gasteiger partial charge is 0.368 e. The van der Waals surface area contributed by atoms with E-state index in [1.54, 1.807) is 15.9 Å². The topological polar surface area (TPSA) is 111 Å². The molecule has 0 radical (unpaired) electrons. The fourth-order valence-electron chi connectivity index (χ4n) is 5.23. The van der Waals surface area contributed by atoms with Gasteiger partial charge in [0.1, 0.15) is 0 Å². The standard InChI is InChI=1S/C28H32ClF5N6O3/c29-18-4-6-20(22(14-18)39-12-10-38(11-13-39)9-7-28(32,33)34)37-27(43)19-5-3-17(24(30)25(19)31)15-36-23(41)16-40-8-1-2-21(40)26(35)42/h3-6,14,21H,1-2,7-13,15-16H2,(H2,35,42)(H,36,41)(H,37,43)/t21-/m0/s1. The van der Waals surface area contributed by atoms with E-state index in [9.17, 15) is 31.9 Å². The number of hydrogen-bond acceptors (Lipinski definition) is 6. The van der Waals surface area contributed by atoms with Crippen LogP contribution in [0.5, 0.6) is 0 Å². The van der Waals surface area contributed by atoms with Gasteiger partial charge in [0, 0.05) is 49.9 Å². The number of benzene rings is 2. The lowest BCUT2D eigenvalue weighted by molar-refractivity contribution is -0.138. The van der Waals surface area contributed by atoms with E-state index in [0.29, 0.717) is 56.3 Å². The minimum absolute atomic E-state index is 0.116. The van der Waals surface area contributed by atoms with Crippen molar-refractivity contribution in [3.63, 3.8) is 0 Å². The number of nitrogens with two attached hydrogens (primary N) is 1. The minimum Gasteiger partial charge on any atom is -0.368 e. The summed E-state index contributed by atoms with van der Waals surface area (Å²) < 4.78 is 67.7. The molecule has 9 nitrogen and oxygen atoms in total. The predicted molar refractivity (Wildman–Crippen MR) is 151 cm³/mol. The monoisotopic (exact) mass is 630 g/mol. The summed E-state index contributed by atoms with van der Waals surface area (Å²) in [6, 6.07) is 6.35. The molecule has 4 N–H and O–H groups in total. The third-order valence-electron chi connectivity index (χ3n) is 7.55. The summed E-state index contributed by atoms with van der Waals surface area (Å²) in [4.78, 5) is 42.0. The molecule has 1 atom stereocenters. The molecule has 2 aromatic carbocycles. The first-order valence-corrected chi connectivity index (χ1v) is 14.1. The number of alkyl halides is 3. The van der Waals surface area contributed by atoms with E-state index in [-0.39, 0.29) is 30.9 Å². The van der Waals surface area contributed by atoms with Crippen LogP contribution in [0.15, 0.2) is 30.3 Å². The van der Waals surface area contributed by atoms with Gasteiger partial charge in [-0.3, -0.25) is 24.2 Å². The van der Waals surface area contributed by atoms with Crippen molar-refractivity contribution in [1.82, 2.24) is 15.1 Å². The quantitative estimate of drug-likeness (QED) is 0.347. The Kier molecular flexibility index (Phi) is 10.5. The van der Waals surface area contributed by atoms with E-state index in [1.165, 1.54) is 18.2 Å². The fraction of sp³-hybridized carbons (Fsp3) is 0.464. The average molecular weight is 631 g/mol. The SMILES string of the molecule is NC(=O)[C@@H]1CCCN1CC(=O)NCc1ccc(C(=O)Nc2ccc(Cl)cc2N2CCN(CCC(F)(F)F)CC2)c(F)c1F. The number of nitrogens with one attached hydrogen (secondary N) is 2. The van der Waals surface area contributed by atoms with Gasteiger partial charge in [0.05, 0.1) is 35.9 Å². The van der Waals surface area contributed by atoms with Crippen LogP contribution in [-0.4, -0.2) is 85.6 Å². The van der Waals surface area contributed by atoms with Gasteiger partial charge < -0.3 is 21.3 Å². The summed E-state index contributed by atoms with van der Waals surface area (Å²) in [6.45, 7) is 1.39. The molecule has 15 heteroatoms. The molecule has 3 amide bonds. The van der Waals surface area contributed by atoms with E-state index >= 15 is 4.39 Å². The molecule has 0 unspecified atom stereocenters. The lowest BCUT2D eigenvalue weighted by Crippen LogP contribution is -2.47. The van der Waals surface area contributed by atoms with E-state index < -0.39 is 53.6 Å². The number of amides is 3. The van der Waals surface area contributed by atoms with Gasteiger partial charge in [-0.25, -0.2) is 8.78 Å². The van der Waals surface area contributed by atoms with Crippen LogP contribution in [0.25, 0.3) is 0 Å². The highest BCUT2D eigenvalue weighted by atomic mass is 35.5. The fourth-order valence-corrected chi connectivity index (χ4v) is 5.40. The molecule has 234 valence electrons. The van der Waals surface area contributed by atoms with E-state index in [1.807, 2.05) is 4.90 Å². The van der Waals surface area contributed by atoms with Crippen molar-refractivity contribution in [2.24, 2.45) is 5.73 Å². The maximum Gasteiger partial charge on any atom is 0.390 e. The predicted octanol–water partition coefficient (Wildman–Crippen LogP) is 3.51. The third-order valence-corrected chi connectivity index (χ3v) is 7.79. The Hall–Kier alpha value is -3.49. The van der Waals surface area contributed by atoms with Gasteiger partial charge >= 0.3 is 6.18 Å². The van der Waals surface area contributed by atoms with Crippen molar-refractivity contribution in [3.8, 4) is 0 Å². The van der Waals surface area contributed by atoms with Crippen molar-refractivity contribution in [2.45, 2.75) is 38.0 Å². The molecule has 0 spiro atoms. The highest BCUT2D eigenvalue weighted by Gasteiger charge is 2.31. The summed E-state index contributed by atoms with van der Waals surface area (Å²) in [5.41, 5.74) is 5.38. The molecule has 2 aromatic rings. The number of carbonyl (C=O) groups excluding carboxylic acids is 3. The first-order chi connectivity index (χ1) is 20.3. The lowest BCUT2D eigenvalue weighted by Gasteiger charge is -2.37. The second kappa shape index (κ2) is 13.9. The van der Waals surface area contributed by atoms with Crippen molar-refractivity contribution >= 4 is 40.7 Å². The van der Waals surface area contributed by atoms with Crippen molar-refractivity contribution in [2.75, 3.05) is 56.0 Å². The van der Waals surface area contributed by atoms with Crippen LogP contribution < -0.4 is 21.3 Å². The molecule has 2 aliphatic heterocycles. The summed E-state index contributed by atoms with van der Waals surface area (Å²) in [5.74, 6) is -4.64. The van der Waals surface area contributed by atoms with Crippen LogP contribution >= 0.6 is 11.6 Å². The second-order valence-corrected chi connectivity index (χ2v) is 11.0. The molecule has 0 bridgehead atoms. The Morgan fingerprint density at radius 1 is 1.00 bits per heavy atom. The molecule has 0 aliphatic carbocycles. The van der Waals surface area contributed by atoms with Gasteiger partial charge in [-0.1, -0.05) is 17.7 Å². The van der Waals surface area contributed by atoms with Gasteiger partial charge in [0.15, 0.2) is 11.6 Å². The van der Waals surface area contributed by atoms with Crippen LogP contribution in [-0.2, 0) is 16.1 Å². The normalized spacial score (nSPS) is 18.1. The Labute approximate surface area is 250 Å². The van der Waals surface area contributed by atoms with Crippen LogP contribution in [0.2, 0.25) is 5.02 Å². The molecule has 2 fully saturated rings. The zero-order valence-electron chi connectivity index (χ0n) is 23.2. The van der Waals surface area contributed by atoms with Gasteiger partial charge in [0.2, 0.25) is 11.8 Å². The molecular formula is C28H32ClF5N6O3. The molecule has 43 heavy (non-hydrogen) atoms. The summed E-state index contributed by atoms with van der Waals surface area (Å²) in [6.07, 6.45) is -3.89. The Balaban J connectivity index is 1.38. The van der Waals surface area contributed by atoms with Crippen LogP contribution in [0.1, 0.15) is 35.2 Å².